The maximum Gasteiger partial charge on any atom is 0.258 e. The first-order chi connectivity index (χ1) is 15.5. The third-order valence-electron chi connectivity index (χ3n) is 6.51. The molecule has 1 saturated heterocycles. The summed E-state index contributed by atoms with van der Waals surface area (Å²) in [4.78, 5) is 7.32. The average molecular weight is 429 g/mol. The summed E-state index contributed by atoms with van der Waals surface area (Å²) < 4.78 is 11.3. The van der Waals surface area contributed by atoms with E-state index in [2.05, 4.69) is 46.2 Å². The lowest BCUT2D eigenvalue weighted by atomic mass is 10.0. The van der Waals surface area contributed by atoms with Crippen molar-refractivity contribution >= 4 is 0 Å². The minimum Gasteiger partial charge on any atom is -0.490 e. The minimum atomic E-state index is -0.00395. The van der Waals surface area contributed by atoms with Gasteiger partial charge in [-0.05, 0) is 74.9 Å². The molecule has 2 aromatic carbocycles. The minimum absolute atomic E-state index is 0.00395. The van der Waals surface area contributed by atoms with Crippen LogP contribution in [0.15, 0.2) is 40.9 Å². The zero-order valence-corrected chi connectivity index (χ0v) is 18.8. The SMILES string of the molecule is CC(C)Oc1ccc(-c2nc(-c3cccc4c3CCC4N3CC[C@H](C)C3)no2)cc1C#N. The van der Waals surface area contributed by atoms with Crippen molar-refractivity contribution in [3.8, 4) is 34.7 Å². The van der Waals surface area contributed by atoms with Gasteiger partial charge in [0.25, 0.3) is 5.89 Å². The Morgan fingerprint density at radius 3 is 2.84 bits per heavy atom. The number of hydrogen-bond donors (Lipinski definition) is 0. The van der Waals surface area contributed by atoms with E-state index in [-0.39, 0.29) is 6.10 Å². The standard InChI is InChI=1S/C26H28N4O2/c1-16(2)31-24-10-7-18(13-19(24)14-27)26-28-25(29-32-26)22-6-4-5-21-20(22)8-9-23(21)30-12-11-17(3)15-30/h4-7,10,13,16-17,23H,8-9,11-12,15H2,1-3H3/t17-,23?/m0/s1. The Labute approximate surface area is 188 Å². The molecule has 1 unspecified atom stereocenters. The molecule has 1 aromatic heterocycles. The van der Waals surface area contributed by atoms with Crippen LogP contribution in [0.2, 0.25) is 0 Å². The molecule has 6 nitrogen and oxygen atoms in total. The fraction of sp³-hybridized carbons (Fsp3) is 0.423. The lowest BCUT2D eigenvalue weighted by molar-refractivity contribution is 0.238. The summed E-state index contributed by atoms with van der Waals surface area (Å²) in [6, 6.07) is 14.5. The van der Waals surface area contributed by atoms with Crippen molar-refractivity contribution in [1.29, 1.82) is 5.26 Å². The van der Waals surface area contributed by atoms with Crippen LogP contribution in [-0.2, 0) is 6.42 Å². The highest BCUT2D eigenvalue weighted by atomic mass is 16.5. The van der Waals surface area contributed by atoms with Gasteiger partial charge in [-0.2, -0.15) is 10.2 Å². The second-order valence-corrected chi connectivity index (χ2v) is 9.23. The van der Waals surface area contributed by atoms with E-state index in [9.17, 15) is 5.26 Å². The van der Waals surface area contributed by atoms with Crippen molar-refractivity contribution in [2.75, 3.05) is 13.1 Å². The second kappa shape index (κ2) is 8.40. The fourth-order valence-corrected chi connectivity index (χ4v) is 5.03. The molecule has 1 fully saturated rings. The zero-order valence-electron chi connectivity index (χ0n) is 18.8. The zero-order chi connectivity index (χ0) is 22.2. The van der Waals surface area contributed by atoms with E-state index in [1.807, 2.05) is 19.9 Å². The number of hydrogen-bond acceptors (Lipinski definition) is 6. The van der Waals surface area contributed by atoms with Crippen LogP contribution in [-0.4, -0.2) is 34.2 Å². The number of nitrogens with zero attached hydrogens (tertiary/aromatic N) is 4. The summed E-state index contributed by atoms with van der Waals surface area (Å²) in [6.45, 7) is 8.57. The van der Waals surface area contributed by atoms with E-state index in [0.29, 0.717) is 34.6 Å². The van der Waals surface area contributed by atoms with Crippen LogP contribution in [0.25, 0.3) is 22.8 Å². The van der Waals surface area contributed by atoms with Gasteiger partial charge in [0.15, 0.2) is 0 Å². The molecular formula is C26H28N4O2. The Morgan fingerprint density at radius 2 is 2.09 bits per heavy atom. The number of likely N-dealkylation sites (tertiary alicyclic amines) is 1. The highest BCUT2D eigenvalue weighted by Crippen LogP contribution is 2.42. The molecule has 164 valence electrons. The molecule has 0 spiro atoms. The van der Waals surface area contributed by atoms with E-state index < -0.39 is 0 Å². The molecule has 5 rings (SSSR count). The molecule has 1 aliphatic carbocycles. The average Bonchev–Trinajstić information content (AvgIpc) is 3.52. The molecule has 0 bridgehead atoms. The summed E-state index contributed by atoms with van der Waals surface area (Å²) in [6.07, 6.45) is 3.46. The Kier molecular flexibility index (Phi) is 5.44. The van der Waals surface area contributed by atoms with Crippen LogP contribution < -0.4 is 4.74 Å². The molecule has 32 heavy (non-hydrogen) atoms. The Morgan fingerprint density at radius 1 is 1.22 bits per heavy atom. The lowest BCUT2D eigenvalue weighted by Crippen LogP contribution is -2.24. The van der Waals surface area contributed by atoms with Gasteiger partial charge in [0.05, 0.1) is 11.7 Å². The molecule has 0 amide bonds. The topological polar surface area (TPSA) is 75.2 Å². The predicted molar refractivity (Wildman–Crippen MR) is 122 cm³/mol. The first-order valence-corrected chi connectivity index (χ1v) is 11.4. The molecule has 0 saturated carbocycles. The lowest BCUT2D eigenvalue weighted by Gasteiger charge is -2.24. The van der Waals surface area contributed by atoms with E-state index in [1.165, 1.54) is 30.6 Å². The molecule has 0 N–H and O–H groups in total. The van der Waals surface area contributed by atoms with Gasteiger partial charge in [-0.3, -0.25) is 4.90 Å². The Hall–Kier alpha value is -3.17. The van der Waals surface area contributed by atoms with Gasteiger partial charge in [-0.25, -0.2) is 0 Å². The molecule has 3 aromatic rings. The van der Waals surface area contributed by atoms with Crippen LogP contribution >= 0.6 is 0 Å². The van der Waals surface area contributed by atoms with Crippen LogP contribution in [0.4, 0.5) is 0 Å². The number of ether oxygens (including phenoxy) is 1. The largest absolute Gasteiger partial charge is 0.490 e. The third kappa shape index (κ3) is 3.78. The van der Waals surface area contributed by atoms with Crippen molar-refractivity contribution in [3.63, 3.8) is 0 Å². The second-order valence-electron chi connectivity index (χ2n) is 9.23. The van der Waals surface area contributed by atoms with Crippen LogP contribution in [0.3, 0.4) is 0 Å². The summed E-state index contributed by atoms with van der Waals surface area (Å²) in [5, 5.41) is 13.8. The summed E-state index contributed by atoms with van der Waals surface area (Å²) in [7, 11) is 0. The van der Waals surface area contributed by atoms with Gasteiger partial charge in [-0.15, -0.1) is 0 Å². The predicted octanol–water partition coefficient (Wildman–Crippen LogP) is 5.39. The Bertz CT molecular complexity index is 1180. The van der Waals surface area contributed by atoms with E-state index in [1.54, 1.807) is 12.1 Å². The first-order valence-electron chi connectivity index (χ1n) is 11.4. The number of fused-ring (bicyclic) bond motifs is 1. The third-order valence-corrected chi connectivity index (χ3v) is 6.51. The number of benzene rings is 2. The van der Waals surface area contributed by atoms with Crippen LogP contribution in [0.1, 0.15) is 56.3 Å². The van der Waals surface area contributed by atoms with Crippen LogP contribution in [0, 0.1) is 17.2 Å². The van der Waals surface area contributed by atoms with Crippen molar-refractivity contribution in [3.05, 3.63) is 53.1 Å². The molecule has 0 radical (unpaired) electrons. The summed E-state index contributed by atoms with van der Waals surface area (Å²) in [5.41, 5.74) is 4.97. The van der Waals surface area contributed by atoms with Gasteiger partial charge in [0.1, 0.15) is 11.8 Å². The smallest absolute Gasteiger partial charge is 0.258 e. The maximum atomic E-state index is 9.52. The molecular weight excluding hydrogens is 400 g/mol. The first kappa shape index (κ1) is 20.7. The normalized spacial score (nSPS) is 20.5. The number of nitriles is 1. The molecule has 1 aliphatic heterocycles. The molecule has 2 aliphatic rings. The fourth-order valence-electron chi connectivity index (χ4n) is 5.03. The summed E-state index contributed by atoms with van der Waals surface area (Å²) >= 11 is 0. The van der Waals surface area contributed by atoms with Gasteiger partial charge in [0, 0.05) is 23.7 Å². The highest BCUT2D eigenvalue weighted by Gasteiger charge is 2.33. The highest BCUT2D eigenvalue weighted by molar-refractivity contribution is 5.67. The van der Waals surface area contributed by atoms with Crippen molar-refractivity contribution in [1.82, 2.24) is 15.0 Å². The van der Waals surface area contributed by atoms with Gasteiger partial charge >= 0.3 is 0 Å². The Balaban J connectivity index is 1.44. The summed E-state index contributed by atoms with van der Waals surface area (Å²) in [5.74, 6) is 2.35. The van der Waals surface area contributed by atoms with E-state index in [0.717, 1.165) is 24.3 Å². The molecule has 2 heterocycles. The van der Waals surface area contributed by atoms with Crippen molar-refractivity contribution < 1.29 is 9.26 Å². The number of aromatic nitrogens is 2. The van der Waals surface area contributed by atoms with E-state index >= 15 is 0 Å². The molecule has 6 heteroatoms. The van der Waals surface area contributed by atoms with Crippen molar-refractivity contribution in [2.45, 2.75) is 52.2 Å². The quantitative estimate of drug-likeness (QED) is 0.542. The van der Waals surface area contributed by atoms with Crippen LogP contribution in [0.5, 0.6) is 5.75 Å². The van der Waals surface area contributed by atoms with Gasteiger partial charge < -0.3 is 9.26 Å². The molecule has 2 atom stereocenters. The van der Waals surface area contributed by atoms with Gasteiger partial charge in [-0.1, -0.05) is 30.3 Å². The monoisotopic (exact) mass is 428 g/mol. The van der Waals surface area contributed by atoms with E-state index in [4.69, 9.17) is 9.26 Å². The van der Waals surface area contributed by atoms with Crippen molar-refractivity contribution in [2.24, 2.45) is 5.92 Å². The van der Waals surface area contributed by atoms with Gasteiger partial charge in [0.2, 0.25) is 5.82 Å². The maximum absolute atomic E-state index is 9.52. The number of rotatable bonds is 5.